The molecule has 0 spiro atoms. The average Bonchev–Trinajstić information content (AvgIpc) is 2.69. The maximum atomic E-state index is 11.2. The molecule has 1 heterocycles. The Kier molecular flexibility index (Phi) is 2.68. The van der Waals surface area contributed by atoms with Gasteiger partial charge in [-0.15, -0.1) is 5.10 Å². The highest BCUT2D eigenvalue weighted by molar-refractivity contribution is 5.86. The topological polar surface area (TPSA) is 57.0 Å². The van der Waals surface area contributed by atoms with Crippen LogP contribution < -0.4 is 0 Å². The SMILES string of the molecule is C=C(C)C(=O)OCn1nnc2ccccc21. The van der Waals surface area contributed by atoms with Gasteiger partial charge in [0.1, 0.15) is 5.52 Å². The Morgan fingerprint density at radius 1 is 1.50 bits per heavy atom. The number of rotatable bonds is 3. The molecule has 0 aliphatic heterocycles. The molecule has 0 aliphatic carbocycles. The lowest BCUT2D eigenvalue weighted by atomic mass is 10.3. The summed E-state index contributed by atoms with van der Waals surface area (Å²) in [4.78, 5) is 11.2. The third-order valence-corrected chi connectivity index (χ3v) is 2.09. The number of ether oxygens (including phenoxy) is 1. The standard InChI is InChI=1S/C11H11N3O2/c1-8(2)11(15)16-7-14-10-6-4-3-5-9(10)12-13-14/h3-6H,1,7H2,2H3. The van der Waals surface area contributed by atoms with Gasteiger partial charge in [-0.25, -0.2) is 9.48 Å². The van der Waals surface area contributed by atoms with Gasteiger partial charge in [0, 0.05) is 5.57 Å². The van der Waals surface area contributed by atoms with Gasteiger partial charge in [-0.2, -0.15) is 0 Å². The van der Waals surface area contributed by atoms with E-state index in [2.05, 4.69) is 16.9 Å². The van der Waals surface area contributed by atoms with Crippen molar-refractivity contribution in [2.75, 3.05) is 0 Å². The Labute approximate surface area is 92.3 Å². The molecule has 16 heavy (non-hydrogen) atoms. The van der Waals surface area contributed by atoms with Crippen LogP contribution in [0.25, 0.3) is 11.0 Å². The summed E-state index contributed by atoms with van der Waals surface area (Å²) in [5.74, 6) is -0.431. The molecule has 0 atom stereocenters. The molecule has 0 saturated carbocycles. The first-order valence-electron chi connectivity index (χ1n) is 4.79. The quantitative estimate of drug-likeness (QED) is 0.577. The van der Waals surface area contributed by atoms with Crippen molar-refractivity contribution in [3.63, 3.8) is 0 Å². The molecule has 0 amide bonds. The summed E-state index contributed by atoms with van der Waals surface area (Å²) in [7, 11) is 0. The van der Waals surface area contributed by atoms with Gasteiger partial charge < -0.3 is 4.74 Å². The van der Waals surface area contributed by atoms with E-state index in [9.17, 15) is 4.79 Å². The summed E-state index contributed by atoms with van der Waals surface area (Å²) < 4.78 is 6.50. The number of carbonyl (C=O) groups excluding carboxylic acids is 1. The molecule has 0 fully saturated rings. The number of fused-ring (bicyclic) bond motifs is 1. The van der Waals surface area contributed by atoms with Crippen molar-refractivity contribution in [2.24, 2.45) is 0 Å². The van der Waals surface area contributed by atoms with E-state index in [0.29, 0.717) is 5.57 Å². The Morgan fingerprint density at radius 2 is 2.25 bits per heavy atom. The number of hydrogen-bond acceptors (Lipinski definition) is 4. The Hall–Kier alpha value is -2.17. The molecule has 82 valence electrons. The molecule has 2 aromatic rings. The summed E-state index contributed by atoms with van der Waals surface area (Å²) in [5, 5.41) is 7.83. The highest BCUT2D eigenvalue weighted by Crippen LogP contribution is 2.09. The van der Waals surface area contributed by atoms with Crippen LogP contribution >= 0.6 is 0 Å². The van der Waals surface area contributed by atoms with Crippen LogP contribution in [0, 0.1) is 0 Å². The van der Waals surface area contributed by atoms with Crippen molar-refractivity contribution >= 4 is 17.0 Å². The summed E-state index contributed by atoms with van der Waals surface area (Å²) in [6, 6.07) is 7.47. The van der Waals surface area contributed by atoms with Gasteiger partial charge in [-0.1, -0.05) is 23.9 Å². The lowest BCUT2D eigenvalue weighted by Crippen LogP contribution is -2.10. The maximum Gasteiger partial charge on any atom is 0.334 e. The number of para-hydroxylation sites is 1. The van der Waals surface area contributed by atoms with Gasteiger partial charge in [0.25, 0.3) is 0 Å². The second kappa shape index (κ2) is 4.14. The average molecular weight is 217 g/mol. The van der Waals surface area contributed by atoms with E-state index in [4.69, 9.17) is 4.74 Å². The van der Waals surface area contributed by atoms with Gasteiger partial charge in [0.15, 0.2) is 6.73 Å². The molecular weight excluding hydrogens is 206 g/mol. The smallest absolute Gasteiger partial charge is 0.334 e. The van der Waals surface area contributed by atoms with E-state index in [1.54, 1.807) is 6.92 Å². The zero-order valence-electron chi connectivity index (χ0n) is 8.88. The van der Waals surface area contributed by atoms with Crippen molar-refractivity contribution in [3.8, 4) is 0 Å². The van der Waals surface area contributed by atoms with E-state index < -0.39 is 5.97 Å². The number of carbonyl (C=O) groups is 1. The number of aromatic nitrogens is 3. The highest BCUT2D eigenvalue weighted by Gasteiger charge is 2.06. The van der Waals surface area contributed by atoms with Gasteiger partial charge in [0.05, 0.1) is 5.52 Å². The largest absolute Gasteiger partial charge is 0.439 e. The molecule has 0 unspecified atom stereocenters. The minimum Gasteiger partial charge on any atom is -0.439 e. The predicted molar refractivity (Wildman–Crippen MR) is 58.4 cm³/mol. The highest BCUT2D eigenvalue weighted by atomic mass is 16.5. The fourth-order valence-electron chi connectivity index (χ4n) is 1.26. The summed E-state index contributed by atoms with van der Waals surface area (Å²) >= 11 is 0. The van der Waals surface area contributed by atoms with E-state index in [1.165, 1.54) is 4.68 Å². The van der Waals surface area contributed by atoms with Crippen LogP contribution in [0.1, 0.15) is 6.92 Å². The molecule has 0 radical (unpaired) electrons. The van der Waals surface area contributed by atoms with E-state index in [1.807, 2.05) is 24.3 Å². The van der Waals surface area contributed by atoms with Gasteiger partial charge in [0.2, 0.25) is 0 Å². The Bertz CT molecular complexity index is 545. The van der Waals surface area contributed by atoms with E-state index in [0.717, 1.165) is 11.0 Å². The third-order valence-electron chi connectivity index (χ3n) is 2.09. The number of esters is 1. The molecule has 2 rings (SSSR count). The van der Waals surface area contributed by atoms with Crippen LogP contribution in [-0.4, -0.2) is 21.0 Å². The Balaban J connectivity index is 2.16. The molecule has 0 aliphatic rings. The first-order chi connectivity index (χ1) is 7.68. The van der Waals surface area contributed by atoms with Gasteiger partial charge >= 0.3 is 5.97 Å². The van der Waals surface area contributed by atoms with Crippen molar-refractivity contribution < 1.29 is 9.53 Å². The molecule has 1 aromatic carbocycles. The van der Waals surface area contributed by atoms with Crippen LogP contribution in [0.5, 0.6) is 0 Å². The van der Waals surface area contributed by atoms with Crippen LogP contribution in [0.15, 0.2) is 36.4 Å². The number of hydrogen-bond donors (Lipinski definition) is 0. The fraction of sp³-hybridized carbons (Fsp3) is 0.182. The molecule has 1 aromatic heterocycles. The zero-order valence-corrected chi connectivity index (χ0v) is 8.88. The van der Waals surface area contributed by atoms with Crippen LogP contribution in [-0.2, 0) is 16.3 Å². The fourth-order valence-corrected chi connectivity index (χ4v) is 1.26. The summed E-state index contributed by atoms with van der Waals surface area (Å²) in [6.45, 7) is 5.14. The monoisotopic (exact) mass is 217 g/mol. The maximum absolute atomic E-state index is 11.2. The minimum atomic E-state index is -0.431. The van der Waals surface area contributed by atoms with Crippen LogP contribution in [0.3, 0.4) is 0 Å². The van der Waals surface area contributed by atoms with Crippen molar-refractivity contribution in [1.29, 1.82) is 0 Å². The molecule has 5 nitrogen and oxygen atoms in total. The van der Waals surface area contributed by atoms with Crippen molar-refractivity contribution in [3.05, 3.63) is 36.4 Å². The molecule has 0 bridgehead atoms. The van der Waals surface area contributed by atoms with Gasteiger partial charge in [-0.05, 0) is 19.1 Å². The summed E-state index contributed by atoms with van der Waals surface area (Å²) in [6.07, 6.45) is 0. The predicted octanol–water partition coefficient (Wildman–Crippen LogP) is 1.51. The van der Waals surface area contributed by atoms with E-state index >= 15 is 0 Å². The van der Waals surface area contributed by atoms with Gasteiger partial charge in [-0.3, -0.25) is 0 Å². The second-order valence-electron chi connectivity index (χ2n) is 3.42. The molecule has 0 saturated heterocycles. The number of nitrogens with zero attached hydrogens (tertiary/aromatic N) is 3. The minimum absolute atomic E-state index is 0.0478. The normalized spacial score (nSPS) is 10.3. The molecule has 5 heteroatoms. The number of benzene rings is 1. The molecule has 0 N–H and O–H groups in total. The summed E-state index contributed by atoms with van der Waals surface area (Å²) in [5.41, 5.74) is 1.97. The third kappa shape index (κ3) is 1.93. The second-order valence-corrected chi connectivity index (χ2v) is 3.42. The van der Waals surface area contributed by atoms with Crippen LogP contribution in [0.4, 0.5) is 0 Å². The lowest BCUT2D eigenvalue weighted by Gasteiger charge is -2.04. The van der Waals surface area contributed by atoms with Crippen molar-refractivity contribution in [2.45, 2.75) is 13.7 Å². The Morgan fingerprint density at radius 3 is 3.00 bits per heavy atom. The molecular formula is C11H11N3O2. The lowest BCUT2D eigenvalue weighted by molar-refractivity contribution is -0.142. The first-order valence-corrected chi connectivity index (χ1v) is 4.79. The van der Waals surface area contributed by atoms with Crippen molar-refractivity contribution in [1.82, 2.24) is 15.0 Å². The van der Waals surface area contributed by atoms with E-state index in [-0.39, 0.29) is 6.73 Å². The first kappa shape index (κ1) is 10.4. The van der Waals surface area contributed by atoms with Crippen LogP contribution in [0.2, 0.25) is 0 Å². The zero-order chi connectivity index (χ0) is 11.5.